The van der Waals surface area contributed by atoms with E-state index in [0.29, 0.717) is 12.5 Å². The highest BCUT2D eigenvalue weighted by Crippen LogP contribution is 2.16. The van der Waals surface area contributed by atoms with Gasteiger partial charge in [0.05, 0.1) is 5.39 Å². The number of hydrogen-bond acceptors (Lipinski definition) is 7. The van der Waals surface area contributed by atoms with Gasteiger partial charge in [-0.15, -0.1) is 0 Å². The number of fused-ring (bicyclic) bond motifs is 1. The second kappa shape index (κ2) is 7.46. The number of hydrogen-bond donors (Lipinski definition) is 1. The lowest BCUT2D eigenvalue weighted by Crippen LogP contribution is -2.48. The van der Waals surface area contributed by atoms with E-state index in [9.17, 15) is 14.4 Å². The second-order valence-corrected chi connectivity index (χ2v) is 7.08. The van der Waals surface area contributed by atoms with E-state index in [-0.39, 0.29) is 28.7 Å². The van der Waals surface area contributed by atoms with Gasteiger partial charge in [0.2, 0.25) is 5.95 Å². The lowest BCUT2D eigenvalue weighted by Gasteiger charge is -2.33. The molecule has 1 fully saturated rings. The van der Waals surface area contributed by atoms with Gasteiger partial charge in [0.25, 0.3) is 11.5 Å². The Morgan fingerprint density at radius 2 is 1.90 bits per heavy atom. The van der Waals surface area contributed by atoms with E-state index in [4.69, 9.17) is 0 Å². The topological polar surface area (TPSA) is 115 Å². The first-order chi connectivity index (χ1) is 14.0. The zero-order chi connectivity index (χ0) is 20.5. The van der Waals surface area contributed by atoms with Crippen LogP contribution in [0.15, 0.2) is 40.2 Å². The summed E-state index contributed by atoms with van der Waals surface area (Å²) in [5.74, 6) is 0.294. The van der Waals surface area contributed by atoms with Gasteiger partial charge in [-0.25, -0.2) is 19.7 Å². The summed E-state index contributed by atoms with van der Waals surface area (Å²) < 4.78 is 2.29. The summed E-state index contributed by atoms with van der Waals surface area (Å²) in [6.45, 7) is 1.43. The third-order valence-corrected chi connectivity index (χ3v) is 5.13. The van der Waals surface area contributed by atoms with E-state index in [1.807, 2.05) is 4.90 Å². The third-order valence-electron chi connectivity index (χ3n) is 5.13. The molecule has 3 aromatic rings. The van der Waals surface area contributed by atoms with Crippen molar-refractivity contribution in [3.05, 3.63) is 57.1 Å². The van der Waals surface area contributed by atoms with Gasteiger partial charge in [-0.2, -0.15) is 0 Å². The molecule has 3 aromatic heterocycles. The Labute approximate surface area is 165 Å². The number of rotatable bonds is 3. The summed E-state index contributed by atoms with van der Waals surface area (Å²) in [6, 6.07) is 4.72. The standard InChI is InChI=1S/C19H21N7O3/c1-24-15-13(17(28)25(2)19(24)29)6-7-14(23-15)16(27)22-12-5-3-10-26(11-12)18-20-8-4-9-21-18/h4,6-9,12H,3,5,10-11H2,1-2H3,(H,22,27). The van der Waals surface area contributed by atoms with Crippen LogP contribution in [0, 0.1) is 0 Å². The van der Waals surface area contributed by atoms with Gasteiger partial charge in [0.1, 0.15) is 11.3 Å². The molecule has 10 heteroatoms. The quantitative estimate of drug-likeness (QED) is 0.654. The number of aromatic nitrogens is 5. The Balaban J connectivity index is 1.56. The molecular weight excluding hydrogens is 374 g/mol. The SMILES string of the molecule is Cn1c(=O)c2ccc(C(=O)NC3CCCN(c4ncccn4)C3)nc2n(C)c1=O. The zero-order valence-corrected chi connectivity index (χ0v) is 16.2. The van der Waals surface area contributed by atoms with Crippen molar-refractivity contribution in [2.24, 2.45) is 14.1 Å². The number of piperidine rings is 1. The van der Waals surface area contributed by atoms with Crippen LogP contribution in [0.25, 0.3) is 11.0 Å². The zero-order valence-electron chi connectivity index (χ0n) is 16.2. The molecular formula is C19H21N7O3. The van der Waals surface area contributed by atoms with Gasteiger partial charge >= 0.3 is 5.69 Å². The molecule has 1 aliphatic heterocycles. The van der Waals surface area contributed by atoms with E-state index in [2.05, 4.69) is 20.3 Å². The van der Waals surface area contributed by atoms with Crippen LogP contribution in [0.4, 0.5) is 5.95 Å². The molecule has 1 unspecified atom stereocenters. The Hall–Kier alpha value is -3.56. The number of nitrogens with zero attached hydrogens (tertiary/aromatic N) is 6. The molecule has 0 aliphatic carbocycles. The lowest BCUT2D eigenvalue weighted by molar-refractivity contribution is 0.0928. The molecule has 4 heterocycles. The largest absolute Gasteiger partial charge is 0.346 e. The fourth-order valence-electron chi connectivity index (χ4n) is 3.57. The molecule has 1 amide bonds. The van der Waals surface area contributed by atoms with E-state index >= 15 is 0 Å². The van der Waals surface area contributed by atoms with Crippen molar-refractivity contribution in [1.82, 2.24) is 29.4 Å². The molecule has 0 aromatic carbocycles. The number of carbonyl (C=O) groups is 1. The number of pyridine rings is 1. The van der Waals surface area contributed by atoms with Crippen LogP contribution in [0.2, 0.25) is 0 Å². The molecule has 0 bridgehead atoms. The molecule has 1 saturated heterocycles. The maximum atomic E-state index is 12.8. The number of anilines is 1. The van der Waals surface area contributed by atoms with Crippen LogP contribution < -0.4 is 21.5 Å². The molecule has 0 saturated carbocycles. The maximum absolute atomic E-state index is 12.8. The summed E-state index contributed by atoms with van der Waals surface area (Å²) in [5, 5.41) is 3.28. The van der Waals surface area contributed by atoms with Crippen LogP contribution in [-0.2, 0) is 14.1 Å². The predicted octanol–water partition coefficient (Wildman–Crippen LogP) is -0.179. The highest BCUT2D eigenvalue weighted by atomic mass is 16.2. The number of amides is 1. The highest BCUT2D eigenvalue weighted by molar-refractivity contribution is 5.94. The van der Waals surface area contributed by atoms with Crippen molar-refractivity contribution in [1.29, 1.82) is 0 Å². The molecule has 1 atom stereocenters. The van der Waals surface area contributed by atoms with Gasteiger partial charge < -0.3 is 10.2 Å². The smallest absolute Gasteiger partial charge is 0.332 e. The van der Waals surface area contributed by atoms with Crippen molar-refractivity contribution in [3.8, 4) is 0 Å². The van der Waals surface area contributed by atoms with Gasteiger partial charge in [0, 0.05) is 45.6 Å². The van der Waals surface area contributed by atoms with Crippen molar-refractivity contribution in [3.63, 3.8) is 0 Å². The summed E-state index contributed by atoms with van der Waals surface area (Å²) in [5.41, 5.74) is -0.575. The molecule has 0 radical (unpaired) electrons. The Bertz CT molecular complexity index is 1190. The third kappa shape index (κ3) is 3.48. The van der Waals surface area contributed by atoms with E-state index < -0.39 is 11.2 Å². The Kier molecular flexibility index (Phi) is 4.83. The fraction of sp³-hybridized carbons (Fsp3) is 0.368. The number of nitrogens with one attached hydrogen (secondary N) is 1. The predicted molar refractivity (Wildman–Crippen MR) is 107 cm³/mol. The van der Waals surface area contributed by atoms with Gasteiger partial charge in [-0.3, -0.25) is 18.7 Å². The Morgan fingerprint density at radius 3 is 2.66 bits per heavy atom. The molecule has 150 valence electrons. The Morgan fingerprint density at radius 1 is 1.14 bits per heavy atom. The van der Waals surface area contributed by atoms with Crippen LogP contribution in [0.3, 0.4) is 0 Å². The van der Waals surface area contributed by atoms with Gasteiger partial charge in [-0.1, -0.05) is 0 Å². The summed E-state index contributed by atoms with van der Waals surface area (Å²) >= 11 is 0. The lowest BCUT2D eigenvalue weighted by atomic mass is 10.1. The maximum Gasteiger partial charge on any atom is 0.332 e. The first kappa shape index (κ1) is 18.8. The van der Waals surface area contributed by atoms with Crippen molar-refractivity contribution < 1.29 is 4.79 Å². The first-order valence-corrected chi connectivity index (χ1v) is 9.35. The van der Waals surface area contributed by atoms with E-state index in [1.165, 1.54) is 30.8 Å². The molecule has 10 nitrogen and oxygen atoms in total. The van der Waals surface area contributed by atoms with Crippen molar-refractivity contribution in [2.45, 2.75) is 18.9 Å². The summed E-state index contributed by atoms with van der Waals surface area (Å²) in [7, 11) is 2.94. The fourth-order valence-corrected chi connectivity index (χ4v) is 3.57. The van der Waals surface area contributed by atoms with Crippen LogP contribution in [0.1, 0.15) is 23.3 Å². The highest BCUT2D eigenvalue weighted by Gasteiger charge is 2.24. The second-order valence-electron chi connectivity index (χ2n) is 7.08. The van der Waals surface area contributed by atoms with E-state index in [1.54, 1.807) is 18.5 Å². The van der Waals surface area contributed by atoms with Crippen LogP contribution in [0.5, 0.6) is 0 Å². The number of carbonyl (C=O) groups excluding carboxylic acids is 1. The number of aryl methyl sites for hydroxylation is 1. The summed E-state index contributed by atoms with van der Waals surface area (Å²) in [6.07, 6.45) is 5.12. The molecule has 0 spiro atoms. The molecule has 1 N–H and O–H groups in total. The van der Waals surface area contributed by atoms with Crippen LogP contribution >= 0.6 is 0 Å². The van der Waals surface area contributed by atoms with Gasteiger partial charge in [0.15, 0.2) is 0 Å². The van der Waals surface area contributed by atoms with Gasteiger partial charge in [-0.05, 0) is 31.0 Å². The minimum atomic E-state index is -0.488. The normalized spacial score (nSPS) is 16.8. The molecule has 1 aliphatic rings. The van der Waals surface area contributed by atoms with Crippen molar-refractivity contribution in [2.75, 3.05) is 18.0 Å². The minimum Gasteiger partial charge on any atom is -0.346 e. The average Bonchev–Trinajstić information content (AvgIpc) is 2.76. The molecule has 29 heavy (non-hydrogen) atoms. The van der Waals surface area contributed by atoms with Crippen LogP contribution in [-0.4, -0.2) is 49.1 Å². The minimum absolute atomic E-state index is 0.0787. The summed E-state index contributed by atoms with van der Waals surface area (Å²) in [4.78, 5) is 52.0. The van der Waals surface area contributed by atoms with E-state index in [0.717, 1.165) is 24.0 Å². The average molecular weight is 395 g/mol. The molecule has 4 rings (SSSR count). The van der Waals surface area contributed by atoms with Crippen molar-refractivity contribution >= 4 is 22.9 Å². The first-order valence-electron chi connectivity index (χ1n) is 9.35. The monoisotopic (exact) mass is 395 g/mol.